The van der Waals surface area contributed by atoms with Crippen LogP contribution in [-0.2, 0) is 11.3 Å². The number of rotatable bonds is 4. The van der Waals surface area contributed by atoms with Crippen molar-refractivity contribution in [2.75, 3.05) is 0 Å². The molecule has 2 aromatic carbocycles. The zero-order valence-corrected chi connectivity index (χ0v) is 11.8. The molecule has 0 unspecified atom stereocenters. The molecule has 0 saturated heterocycles. The molecule has 0 fully saturated rings. The van der Waals surface area contributed by atoms with Gasteiger partial charge < -0.3 is 14.8 Å². The topological polar surface area (TPSA) is 47.6 Å². The van der Waals surface area contributed by atoms with Crippen molar-refractivity contribution in [3.63, 3.8) is 0 Å². The molecule has 0 bridgehead atoms. The van der Waals surface area contributed by atoms with Gasteiger partial charge in [-0.05, 0) is 17.7 Å². The SMILES string of the molecule is CC1(CC(=O)NCc2ccccc2)Oc2ccccc2O1. The summed E-state index contributed by atoms with van der Waals surface area (Å²) in [5.74, 6) is 0.311. The molecule has 2 aromatic rings. The summed E-state index contributed by atoms with van der Waals surface area (Å²) in [7, 11) is 0. The largest absolute Gasteiger partial charge is 0.448 e. The lowest BCUT2D eigenvalue weighted by molar-refractivity contribution is -0.133. The summed E-state index contributed by atoms with van der Waals surface area (Å²) in [5, 5.41) is 2.88. The lowest BCUT2D eigenvalue weighted by Crippen LogP contribution is -2.40. The summed E-state index contributed by atoms with van der Waals surface area (Å²) in [4.78, 5) is 12.1. The molecule has 1 aliphatic rings. The fourth-order valence-electron chi connectivity index (χ4n) is 2.33. The third-order valence-electron chi connectivity index (χ3n) is 3.32. The van der Waals surface area contributed by atoms with Crippen LogP contribution in [0.5, 0.6) is 11.5 Å². The molecule has 4 nitrogen and oxygen atoms in total. The van der Waals surface area contributed by atoms with Crippen LogP contribution in [0.25, 0.3) is 0 Å². The van der Waals surface area contributed by atoms with Gasteiger partial charge in [-0.3, -0.25) is 4.79 Å². The number of nitrogens with one attached hydrogen (secondary N) is 1. The monoisotopic (exact) mass is 283 g/mol. The molecule has 1 N–H and O–H groups in total. The Hall–Kier alpha value is -2.49. The molecule has 1 heterocycles. The van der Waals surface area contributed by atoms with Crippen LogP contribution in [0.1, 0.15) is 18.9 Å². The van der Waals surface area contributed by atoms with E-state index in [4.69, 9.17) is 9.47 Å². The van der Waals surface area contributed by atoms with E-state index in [1.54, 1.807) is 6.92 Å². The summed E-state index contributed by atoms with van der Waals surface area (Å²) in [6.07, 6.45) is 0.147. The van der Waals surface area contributed by atoms with Crippen molar-refractivity contribution in [2.45, 2.75) is 25.7 Å². The van der Waals surface area contributed by atoms with E-state index in [-0.39, 0.29) is 12.3 Å². The minimum Gasteiger partial charge on any atom is -0.448 e. The molecule has 4 heteroatoms. The predicted octanol–water partition coefficient (Wildman–Crippen LogP) is 2.88. The van der Waals surface area contributed by atoms with Gasteiger partial charge in [-0.15, -0.1) is 0 Å². The van der Waals surface area contributed by atoms with E-state index >= 15 is 0 Å². The van der Waals surface area contributed by atoms with Crippen LogP contribution in [0.4, 0.5) is 0 Å². The molecule has 21 heavy (non-hydrogen) atoms. The quantitative estimate of drug-likeness (QED) is 0.938. The fourth-order valence-corrected chi connectivity index (χ4v) is 2.33. The van der Waals surface area contributed by atoms with Crippen LogP contribution in [0.3, 0.4) is 0 Å². The summed E-state index contributed by atoms with van der Waals surface area (Å²) >= 11 is 0. The van der Waals surface area contributed by atoms with Gasteiger partial charge in [0, 0.05) is 13.5 Å². The van der Waals surface area contributed by atoms with Crippen LogP contribution in [0.2, 0.25) is 0 Å². The van der Waals surface area contributed by atoms with Crippen LogP contribution in [0, 0.1) is 0 Å². The van der Waals surface area contributed by atoms with Crippen LogP contribution >= 0.6 is 0 Å². The average Bonchev–Trinajstić information content (AvgIpc) is 2.81. The number of benzene rings is 2. The third kappa shape index (κ3) is 3.16. The highest BCUT2D eigenvalue weighted by atomic mass is 16.7. The molecule has 3 rings (SSSR count). The van der Waals surface area contributed by atoms with Gasteiger partial charge in [0.15, 0.2) is 11.5 Å². The summed E-state index contributed by atoms with van der Waals surface area (Å²) in [5.41, 5.74) is 1.06. The Morgan fingerprint density at radius 1 is 1.00 bits per heavy atom. The van der Waals surface area contributed by atoms with Gasteiger partial charge in [-0.2, -0.15) is 0 Å². The van der Waals surface area contributed by atoms with Crippen molar-refractivity contribution in [1.82, 2.24) is 5.32 Å². The second kappa shape index (κ2) is 5.48. The van der Waals surface area contributed by atoms with Crippen molar-refractivity contribution < 1.29 is 14.3 Å². The van der Waals surface area contributed by atoms with E-state index in [2.05, 4.69) is 5.32 Å². The van der Waals surface area contributed by atoms with E-state index in [9.17, 15) is 4.79 Å². The van der Waals surface area contributed by atoms with Crippen LogP contribution < -0.4 is 14.8 Å². The molecule has 108 valence electrons. The zero-order valence-electron chi connectivity index (χ0n) is 11.8. The van der Waals surface area contributed by atoms with E-state index in [0.717, 1.165) is 5.56 Å². The van der Waals surface area contributed by atoms with Crippen molar-refractivity contribution >= 4 is 5.91 Å². The molecule has 0 atom stereocenters. The fraction of sp³-hybridized carbons (Fsp3) is 0.235. The lowest BCUT2D eigenvalue weighted by Gasteiger charge is -2.22. The minimum atomic E-state index is -0.940. The summed E-state index contributed by atoms with van der Waals surface area (Å²) in [6, 6.07) is 17.2. The Balaban J connectivity index is 1.56. The number of carbonyl (C=O) groups excluding carboxylic acids is 1. The summed E-state index contributed by atoms with van der Waals surface area (Å²) in [6.45, 7) is 2.28. The highest BCUT2D eigenvalue weighted by Gasteiger charge is 2.38. The van der Waals surface area contributed by atoms with Gasteiger partial charge in [-0.25, -0.2) is 0 Å². The number of hydrogen-bond donors (Lipinski definition) is 1. The van der Waals surface area contributed by atoms with Crippen LogP contribution in [-0.4, -0.2) is 11.7 Å². The van der Waals surface area contributed by atoms with Gasteiger partial charge >= 0.3 is 0 Å². The summed E-state index contributed by atoms with van der Waals surface area (Å²) < 4.78 is 11.5. The van der Waals surface area contributed by atoms with E-state index < -0.39 is 5.79 Å². The highest BCUT2D eigenvalue weighted by molar-refractivity contribution is 5.77. The number of ether oxygens (including phenoxy) is 2. The first-order chi connectivity index (χ1) is 10.1. The van der Waals surface area contributed by atoms with E-state index in [1.807, 2.05) is 54.6 Å². The van der Waals surface area contributed by atoms with Crippen LogP contribution in [0.15, 0.2) is 54.6 Å². The zero-order chi connectivity index (χ0) is 14.7. The molecule has 0 saturated carbocycles. The maximum absolute atomic E-state index is 12.1. The Labute approximate surface area is 123 Å². The molecule has 0 radical (unpaired) electrons. The molecule has 0 aliphatic carbocycles. The van der Waals surface area contributed by atoms with Crippen molar-refractivity contribution in [3.05, 3.63) is 60.2 Å². The number of hydrogen-bond acceptors (Lipinski definition) is 3. The Morgan fingerprint density at radius 3 is 2.19 bits per heavy atom. The predicted molar refractivity (Wildman–Crippen MR) is 79.0 cm³/mol. The van der Waals surface area contributed by atoms with Gasteiger partial charge in [-0.1, -0.05) is 42.5 Å². The number of carbonyl (C=O) groups is 1. The number of amides is 1. The van der Waals surface area contributed by atoms with Gasteiger partial charge in [0.1, 0.15) is 6.42 Å². The Bertz CT molecular complexity index is 614. The molecular weight excluding hydrogens is 266 g/mol. The van der Waals surface area contributed by atoms with Gasteiger partial charge in [0.05, 0.1) is 0 Å². The Morgan fingerprint density at radius 2 is 1.57 bits per heavy atom. The van der Waals surface area contributed by atoms with Gasteiger partial charge in [0.25, 0.3) is 5.79 Å². The third-order valence-corrected chi connectivity index (χ3v) is 3.32. The molecule has 0 spiro atoms. The maximum atomic E-state index is 12.1. The van der Waals surface area contributed by atoms with Crippen molar-refractivity contribution in [1.29, 1.82) is 0 Å². The highest BCUT2D eigenvalue weighted by Crippen LogP contribution is 2.40. The first kappa shape index (κ1) is 13.5. The number of para-hydroxylation sites is 2. The van der Waals surface area contributed by atoms with Gasteiger partial charge in [0.2, 0.25) is 5.91 Å². The Kier molecular flexibility index (Phi) is 3.52. The van der Waals surface area contributed by atoms with E-state index in [0.29, 0.717) is 18.0 Å². The van der Waals surface area contributed by atoms with Crippen molar-refractivity contribution in [2.24, 2.45) is 0 Å². The molecule has 0 aromatic heterocycles. The molecule has 1 aliphatic heterocycles. The maximum Gasteiger partial charge on any atom is 0.257 e. The second-order valence-electron chi connectivity index (χ2n) is 5.22. The number of fused-ring (bicyclic) bond motifs is 1. The van der Waals surface area contributed by atoms with E-state index in [1.165, 1.54) is 0 Å². The smallest absolute Gasteiger partial charge is 0.257 e. The lowest BCUT2D eigenvalue weighted by atomic mass is 10.2. The average molecular weight is 283 g/mol. The molecule has 1 amide bonds. The minimum absolute atomic E-state index is 0.103. The standard InChI is InChI=1S/C17H17NO3/c1-17(20-14-9-5-6-10-15(14)21-17)11-16(19)18-12-13-7-3-2-4-8-13/h2-10H,11-12H2,1H3,(H,18,19). The van der Waals surface area contributed by atoms with Crippen molar-refractivity contribution in [3.8, 4) is 11.5 Å². The first-order valence-corrected chi connectivity index (χ1v) is 6.92. The normalized spacial score (nSPS) is 14.7. The second-order valence-corrected chi connectivity index (χ2v) is 5.22. The first-order valence-electron chi connectivity index (χ1n) is 6.92. The molecular formula is C17H17NO3.